The Morgan fingerprint density at radius 1 is 1.20 bits per heavy atom. The Morgan fingerprint density at radius 2 is 2.00 bits per heavy atom. The molecular formula is C20H25N5. The number of H-pyrrole nitrogens is 1. The molecule has 0 aromatic carbocycles. The average molecular weight is 335 g/mol. The molecule has 130 valence electrons. The molecular weight excluding hydrogens is 310 g/mol. The molecule has 5 nitrogen and oxygen atoms in total. The van der Waals surface area contributed by atoms with Crippen LogP contribution in [0.1, 0.15) is 43.4 Å². The van der Waals surface area contributed by atoms with Gasteiger partial charge in [0.25, 0.3) is 0 Å². The van der Waals surface area contributed by atoms with Crippen molar-refractivity contribution in [2.45, 2.75) is 33.2 Å². The van der Waals surface area contributed by atoms with Crippen molar-refractivity contribution in [3.63, 3.8) is 0 Å². The van der Waals surface area contributed by atoms with Gasteiger partial charge in [0.2, 0.25) is 0 Å². The van der Waals surface area contributed by atoms with Crippen LogP contribution in [0.25, 0.3) is 16.6 Å². The number of aromatic amines is 1. The predicted octanol–water partition coefficient (Wildman–Crippen LogP) is 4.15. The number of nitrogens with one attached hydrogen (secondary N) is 1. The fourth-order valence-electron chi connectivity index (χ4n) is 3.23. The number of hydrogen-bond acceptors (Lipinski definition) is 4. The van der Waals surface area contributed by atoms with Crippen molar-refractivity contribution in [1.82, 2.24) is 24.8 Å². The summed E-state index contributed by atoms with van der Waals surface area (Å²) in [6.07, 6.45) is 4.51. The van der Waals surface area contributed by atoms with E-state index in [2.05, 4.69) is 59.9 Å². The van der Waals surface area contributed by atoms with Crippen LogP contribution in [0.5, 0.6) is 0 Å². The highest BCUT2D eigenvalue weighted by molar-refractivity contribution is 5.90. The SMILES string of the molecule is CC/C(C)=C(\c1ncnc2[nH]ccc12)C(c1cccc(C)n1)N(C)C. The number of pyridine rings is 1. The highest BCUT2D eigenvalue weighted by Gasteiger charge is 2.26. The summed E-state index contributed by atoms with van der Waals surface area (Å²) >= 11 is 0. The number of likely N-dealkylation sites (N-methyl/N-ethyl adjacent to an activating group) is 1. The Hall–Kier alpha value is -2.53. The lowest BCUT2D eigenvalue weighted by atomic mass is 9.91. The Balaban J connectivity index is 2.26. The normalized spacial score (nSPS) is 14.0. The second-order valence-corrected chi connectivity index (χ2v) is 6.58. The van der Waals surface area contributed by atoms with E-state index in [0.29, 0.717) is 0 Å². The van der Waals surface area contributed by atoms with E-state index in [1.165, 1.54) is 11.1 Å². The van der Waals surface area contributed by atoms with E-state index < -0.39 is 0 Å². The molecule has 1 N–H and O–H groups in total. The molecule has 0 aliphatic rings. The monoisotopic (exact) mass is 335 g/mol. The van der Waals surface area contributed by atoms with Crippen LogP contribution < -0.4 is 0 Å². The third-order valence-electron chi connectivity index (χ3n) is 4.58. The number of rotatable bonds is 5. The van der Waals surface area contributed by atoms with E-state index in [0.717, 1.165) is 34.5 Å². The van der Waals surface area contributed by atoms with Crippen LogP contribution in [0.4, 0.5) is 0 Å². The van der Waals surface area contributed by atoms with Crippen LogP contribution in [0.3, 0.4) is 0 Å². The lowest BCUT2D eigenvalue weighted by molar-refractivity contribution is 0.352. The number of aryl methyl sites for hydroxylation is 1. The van der Waals surface area contributed by atoms with Crippen molar-refractivity contribution in [2.75, 3.05) is 14.1 Å². The van der Waals surface area contributed by atoms with Crippen molar-refractivity contribution in [3.8, 4) is 0 Å². The van der Waals surface area contributed by atoms with Crippen LogP contribution in [-0.2, 0) is 0 Å². The quantitative estimate of drug-likeness (QED) is 0.761. The zero-order chi connectivity index (χ0) is 18.0. The molecule has 5 heteroatoms. The third kappa shape index (κ3) is 3.33. The maximum atomic E-state index is 4.80. The van der Waals surface area contributed by atoms with Crippen LogP contribution in [0, 0.1) is 6.92 Å². The molecule has 1 atom stereocenters. The number of fused-ring (bicyclic) bond motifs is 1. The van der Waals surface area contributed by atoms with Gasteiger partial charge in [-0.15, -0.1) is 0 Å². The van der Waals surface area contributed by atoms with Crippen molar-refractivity contribution >= 4 is 16.6 Å². The summed E-state index contributed by atoms with van der Waals surface area (Å²) in [5.74, 6) is 0. The summed E-state index contributed by atoms with van der Waals surface area (Å²) in [6.45, 7) is 6.39. The standard InChI is InChI=1S/C20H25N5/c1-6-13(2)17(18-15-10-11-21-20(15)23-12-22-18)19(25(4)5)16-9-7-8-14(3)24-16/h7-12,19H,6H2,1-5H3,(H,21,22,23)/b17-13+. The molecule has 1 unspecified atom stereocenters. The van der Waals surface area contributed by atoms with Crippen LogP contribution in [-0.4, -0.2) is 38.9 Å². The van der Waals surface area contributed by atoms with Gasteiger partial charge < -0.3 is 4.98 Å². The zero-order valence-corrected chi connectivity index (χ0v) is 15.5. The van der Waals surface area contributed by atoms with Gasteiger partial charge in [-0.05, 0) is 52.6 Å². The van der Waals surface area contributed by atoms with Crippen LogP contribution in [0.15, 0.2) is 42.4 Å². The maximum absolute atomic E-state index is 4.80. The maximum Gasteiger partial charge on any atom is 0.141 e. The minimum Gasteiger partial charge on any atom is -0.346 e. The Labute approximate surface area is 148 Å². The summed E-state index contributed by atoms with van der Waals surface area (Å²) in [5.41, 5.74) is 6.41. The van der Waals surface area contributed by atoms with E-state index in [4.69, 9.17) is 4.98 Å². The molecule has 3 aromatic rings. The first-order valence-electron chi connectivity index (χ1n) is 8.61. The molecule has 0 amide bonds. The lowest BCUT2D eigenvalue weighted by Gasteiger charge is -2.28. The van der Waals surface area contributed by atoms with Gasteiger partial charge in [0.05, 0.1) is 17.4 Å². The number of aromatic nitrogens is 4. The summed E-state index contributed by atoms with van der Waals surface area (Å²) in [5, 5.41) is 1.05. The van der Waals surface area contributed by atoms with Gasteiger partial charge in [0.1, 0.15) is 12.0 Å². The van der Waals surface area contributed by atoms with Gasteiger partial charge in [-0.2, -0.15) is 0 Å². The highest BCUT2D eigenvalue weighted by atomic mass is 15.1. The Morgan fingerprint density at radius 3 is 2.68 bits per heavy atom. The average Bonchev–Trinajstić information content (AvgIpc) is 3.07. The third-order valence-corrected chi connectivity index (χ3v) is 4.58. The Kier molecular flexibility index (Phi) is 4.95. The van der Waals surface area contributed by atoms with Gasteiger partial charge >= 0.3 is 0 Å². The van der Waals surface area contributed by atoms with E-state index >= 15 is 0 Å². The lowest BCUT2D eigenvalue weighted by Crippen LogP contribution is -2.24. The molecule has 3 rings (SSSR count). The first kappa shape index (κ1) is 17.3. The predicted molar refractivity (Wildman–Crippen MR) is 102 cm³/mol. The molecule has 0 spiro atoms. The van der Waals surface area contributed by atoms with Crippen molar-refractivity contribution < 1.29 is 0 Å². The summed E-state index contributed by atoms with van der Waals surface area (Å²) in [7, 11) is 4.18. The minimum atomic E-state index is 0.0350. The molecule has 3 heterocycles. The fraction of sp³-hybridized carbons (Fsp3) is 0.350. The minimum absolute atomic E-state index is 0.0350. The first-order chi connectivity index (χ1) is 12.0. The highest BCUT2D eigenvalue weighted by Crippen LogP contribution is 2.37. The van der Waals surface area contributed by atoms with Gasteiger partial charge in [0, 0.05) is 22.9 Å². The second kappa shape index (κ2) is 7.15. The molecule has 0 bridgehead atoms. The van der Waals surface area contributed by atoms with E-state index in [1.807, 2.05) is 25.3 Å². The van der Waals surface area contributed by atoms with Crippen LogP contribution >= 0.6 is 0 Å². The molecule has 0 fully saturated rings. The largest absolute Gasteiger partial charge is 0.346 e. The topological polar surface area (TPSA) is 57.7 Å². The van der Waals surface area contributed by atoms with Gasteiger partial charge in [-0.1, -0.05) is 18.6 Å². The van der Waals surface area contributed by atoms with Gasteiger partial charge in [-0.3, -0.25) is 9.88 Å². The number of allylic oxidation sites excluding steroid dienone is 1. The summed E-state index contributed by atoms with van der Waals surface area (Å²) in [4.78, 5) is 19.2. The molecule has 0 radical (unpaired) electrons. The second-order valence-electron chi connectivity index (χ2n) is 6.58. The van der Waals surface area contributed by atoms with Crippen LogP contribution in [0.2, 0.25) is 0 Å². The zero-order valence-electron chi connectivity index (χ0n) is 15.5. The van der Waals surface area contributed by atoms with Crippen molar-refractivity contribution in [1.29, 1.82) is 0 Å². The van der Waals surface area contributed by atoms with Crippen molar-refractivity contribution in [2.24, 2.45) is 0 Å². The fourth-order valence-corrected chi connectivity index (χ4v) is 3.23. The summed E-state index contributed by atoms with van der Waals surface area (Å²) in [6, 6.07) is 8.27. The Bertz CT molecular complexity index is 907. The van der Waals surface area contributed by atoms with E-state index in [-0.39, 0.29) is 6.04 Å². The molecule has 0 aliphatic heterocycles. The first-order valence-corrected chi connectivity index (χ1v) is 8.61. The van der Waals surface area contributed by atoms with Gasteiger partial charge in [0.15, 0.2) is 0 Å². The molecule has 0 aliphatic carbocycles. The van der Waals surface area contributed by atoms with E-state index in [9.17, 15) is 0 Å². The van der Waals surface area contributed by atoms with Crippen molar-refractivity contribution in [3.05, 3.63) is 59.4 Å². The molecule has 25 heavy (non-hydrogen) atoms. The smallest absolute Gasteiger partial charge is 0.141 e. The molecule has 3 aromatic heterocycles. The number of hydrogen-bond donors (Lipinski definition) is 1. The molecule has 0 saturated carbocycles. The number of nitrogens with zero attached hydrogens (tertiary/aromatic N) is 4. The van der Waals surface area contributed by atoms with E-state index in [1.54, 1.807) is 6.33 Å². The van der Waals surface area contributed by atoms with Gasteiger partial charge in [-0.25, -0.2) is 9.97 Å². The summed E-state index contributed by atoms with van der Waals surface area (Å²) < 4.78 is 0. The molecule has 0 saturated heterocycles.